The van der Waals surface area contributed by atoms with Crippen molar-refractivity contribution in [2.24, 2.45) is 23.7 Å². The Morgan fingerprint density at radius 3 is 2.31 bits per heavy atom. The van der Waals surface area contributed by atoms with Crippen molar-refractivity contribution in [3.63, 3.8) is 0 Å². The number of carbonyl (C=O) groups excluding carboxylic acids is 3. The van der Waals surface area contributed by atoms with Gasteiger partial charge in [0.1, 0.15) is 16.8 Å². The van der Waals surface area contributed by atoms with Crippen molar-refractivity contribution in [3.8, 4) is 0 Å². The number of ketones is 1. The number of carboxylic acid groups (broad SMARTS) is 1. The van der Waals surface area contributed by atoms with E-state index < -0.39 is 41.4 Å². The van der Waals surface area contributed by atoms with E-state index in [1.54, 1.807) is 24.3 Å². The summed E-state index contributed by atoms with van der Waals surface area (Å²) in [6.45, 7) is 14.6. The predicted octanol–water partition coefficient (Wildman–Crippen LogP) is 5.92. The van der Waals surface area contributed by atoms with Crippen LogP contribution in [-0.2, 0) is 20.8 Å². The maximum atomic E-state index is 14.1. The Hall–Kier alpha value is -3.15. The summed E-state index contributed by atoms with van der Waals surface area (Å²) in [4.78, 5) is 60.9. The molecular formula is C38H58N4O6S. The second-order valence-corrected chi connectivity index (χ2v) is 15.7. The quantitative estimate of drug-likeness (QED) is 0.175. The number of benzene rings is 1. The molecule has 11 heteroatoms. The molecule has 2 heterocycles. The molecule has 2 aromatic rings. The zero-order valence-corrected chi connectivity index (χ0v) is 31.7. The fourth-order valence-corrected chi connectivity index (χ4v) is 7.65. The molecule has 1 aromatic carbocycles. The summed E-state index contributed by atoms with van der Waals surface area (Å²) in [5.41, 5.74) is 1.70. The number of hydrogen-bond donors (Lipinski definition) is 3. The average molecular weight is 699 g/mol. The van der Waals surface area contributed by atoms with Gasteiger partial charge in [-0.25, -0.2) is 4.98 Å². The monoisotopic (exact) mass is 698 g/mol. The highest BCUT2D eigenvalue weighted by atomic mass is 32.1. The van der Waals surface area contributed by atoms with Gasteiger partial charge in [-0.1, -0.05) is 70.9 Å². The van der Waals surface area contributed by atoms with Crippen LogP contribution in [0.15, 0.2) is 29.6 Å². The minimum absolute atomic E-state index is 0.0110. The first-order valence-corrected chi connectivity index (χ1v) is 18.6. The number of carbonyl (C=O) groups is 4. The van der Waals surface area contributed by atoms with Gasteiger partial charge in [-0.05, 0) is 70.5 Å². The van der Waals surface area contributed by atoms with Crippen LogP contribution in [0.25, 0.3) is 0 Å². The van der Waals surface area contributed by atoms with Crippen LogP contribution in [0, 0.1) is 30.6 Å². The number of Topliss-reactive ketones (excluding diaryl/α,β-unsaturated/α-hetero) is 1. The highest BCUT2D eigenvalue weighted by molar-refractivity contribution is 7.09. The summed E-state index contributed by atoms with van der Waals surface area (Å²) >= 11 is 1.18. The van der Waals surface area contributed by atoms with E-state index in [0.29, 0.717) is 11.4 Å². The van der Waals surface area contributed by atoms with Crippen molar-refractivity contribution >= 4 is 34.9 Å². The number of amides is 2. The number of aliphatic carboxylic acids is 1. The van der Waals surface area contributed by atoms with Crippen LogP contribution in [0.3, 0.4) is 0 Å². The summed E-state index contributed by atoms with van der Waals surface area (Å²) in [5, 5.41) is 25.8. The second kappa shape index (κ2) is 17.7. The molecule has 0 radical (unpaired) electrons. The van der Waals surface area contributed by atoms with Gasteiger partial charge in [-0.15, -0.1) is 11.3 Å². The fourth-order valence-electron chi connectivity index (χ4n) is 6.85. The Morgan fingerprint density at radius 2 is 1.76 bits per heavy atom. The normalized spacial score (nSPS) is 20.3. The molecule has 0 bridgehead atoms. The van der Waals surface area contributed by atoms with E-state index in [0.717, 1.165) is 36.9 Å². The van der Waals surface area contributed by atoms with E-state index in [9.17, 15) is 29.4 Å². The summed E-state index contributed by atoms with van der Waals surface area (Å²) in [5.74, 6) is -2.43. The Morgan fingerprint density at radius 1 is 1.10 bits per heavy atom. The zero-order chi connectivity index (χ0) is 36.6. The molecule has 10 nitrogen and oxygen atoms in total. The van der Waals surface area contributed by atoms with Gasteiger partial charge in [0.15, 0.2) is 5.78 Å². The third kappa shape index (κ3) is 10.4. The maximum Gasteiger partial charge on any atom is 0.306 e. The van der Waals surface area contributed by atoms with Gasteiger partial charge >= 0.3 is 5.97 Å². The lowest BCUT2D eigenvalue weighted by molar-refractivity contribution is -0.143. The highest BCUT2D eigenvalue weighted by Gasteiger charge is 2.43. The van der Waals surface area contributed by atoms with Crippen LogP contribution < -0.4 is 5.32 Å². The van der Waals surface area contributed by atoms with E-state index >= 15 is 0 Å². The number of aryl methyl sites for hydroxylation is 1. The molecule has 1 saturated heterocycles. The molecule has 1 aromatic heterocycles. The van der Waals surface area contributed by atoms with Crippen LogP contribution in [0.2, 0.25) is 0 Å². The molecule has 3 rings (SSSR count). The van der Waals surface area contributed by atoms with Gasteiger partial charge in [0, 0.05) is 43.3 Å². The maximum absolute atomic E-state index is 14.1. The third-order valence-corrected chi connectivity index (χ3v) is 11.7. The number of aliphatic hydroxyl groups excluding tert-OH is 1. The number of likely N-dealkylation sites (tertiary alicyclic amines) is 1. The van der Waals surface area contributed by atoms with Crippen molar-refractivity contribution in [2.45, 2.75) is 117 Å². The molecular weight excluding hydrogens is 641 g/mol. The van der Waals surface area contributed by atoms with Gasteiger partial charge in [-0.3, -0.25) is 24.1 Å². The van der Waals surface area contributed by atoms with Crippen molar-refractivity contribution in [1.29, 1.82) is 0 Å². The van der Waals surface area contributed by atoms with E-state index in [2.05, 4.69) is 15.2 Å². The molecule has 1 aliphatic rings. The van der Waals surface area contributed by atoms with Crippen LogP contribution in [0.5, 0.6) is 0 Å². The van der Waals surface area contributed by atoms with Gasteiger partial charge in [0.05, 0.1) is 11.5 Å². The highest BCUT2D eigenvalue weighted by Crippen LogP contribution is 2.34. The largest absolute Gasteiger partial charge is 0.481 e. The molecule has 0 spiro atoms. The summed E-state index contributed by atoms with van der Waals surface area (Å²) in [6.07, 6.45) is 2.65. The molecule has 0 saturated carbocycles. The number of thiazole rings is 1. The van der Waals surface area contributed by atoms with E-state index in [4.69, 9.17) is 0 Å². The van der Waals surface area contributed by atoms with Gasteiger partial charge < -0.3 is 20.4 Å². The number of aromatic nitrogens is 1. The fraction of sp³-hybridized carbons (Fsp3) is 0.658. The smallest absolute Gasteiger partial charge is 0.306 e. The Bertz CT molecular complexity index is 1430. The van der Waals surface area contributed by atoms with Crippen molar-refractivity contribution in [3.05, 3.63) is 51.5 Å². The number of carboxylic acids is 1. The van der Waals surface area contributed by atoms with E-state index in [1.807, 2.05) is 72.9 Å². The Kier molecular flexibility index (Phi) is 14.5. The van der Waals surface area contributed by atoms with Crippen LogP contribution >= 0.6 is 11.3 Å². The number of likely N-dealkylation sites (N-methyl/N-ethyl adjacent to an activating group) is 1. The molecule has 0 unspecified atom stereocenters. The van der Waals surface area contributed by atoms with Crippen LogP contribution in [0.1, 0.15) is 113 Å². The molecule has 49 heavy (non-hydrogen) atoms. The first-order chi connectivity index (χ1) is 23.0. The number of aliphatic hydroxyl groups is 1. The molecule has 1 fully saturated rings. The van der Waals surface area contributed by atoms with Crippen LogP contribution in [-0.4, -0.2) is 86.8 Å². The lowest BCUT2D eigenvalue weighted by atomic mass is 9.80. The molecule has 0 aliphatic carbocycles. The molecule has 3 N–H and O–H groups in total. The molecule has 272 valence electrons. The standard InChI is InChI=1S/C38H58N4O6S/c1-10-25(5)29(20-33(44)38(7)16-11-17-41(38)8)36(46)42(9)31(23(2)3)21-32(43)35-40-30(22-49-35)34(45)39-28(18-26(6)37(47)48)19-27-14-12-24(4)13-15-27/h12-15,22-23,25-26,28-29,31-32,43H,10-11,16-21H2,1-9H3,(H,39,45)(H,47,48)/t25-,26-,28+,29-,31+,32-,38+/m0/s1. The number of rotatable bonds is 18. The second-order valence-electron chi connectivity index (χ2n) is 14.8. The third-order valence-electron chi connectivity index (χ3n) is 10.8. The van der Waals surface area contributed by atoms with Crippen molar-refractivity contribution in [2.75, 3.05) is 20.6 Å². The van der Waals surface area contributed by atoms with E-state index in [-0.39, 0.29) is 54.5 Å². The number of hydrogen-bond acceptors (Lipinski definition) is 8. The zero-order valence-electron chi connectivity index (χ0n) is 30.9. The van der Waals surface area contributed by atoms with Crippen molar-refractivity contribution in [1.82, 2.24) is 20.1 Å². The SMILES string of the molecule is CC[C@H](C)[C@H](CC(=O)[C@@]1(C)CCCN1C)C(=O)N(C)[C@H](C[C@H](O)c1nc(C(=O)N[C@@H](Cc2ccc(C)cc2)C[C@H](C)C(=O)O)cs1)C(C)C. The number of nitrogens with one attached hydrogen (secondary N) is 1. The predicted molar refractivity (Wildman–Crippen MR) is 193 cm³/mol. The van der Waals surface area contributed by atoms with Crippen LogP contribution in [0.4, 0.5) is 0 Å². The average Bonchev–Trinajstić information content (AvgIpc) is 3.69. The summed E-state index contributed by atoms with van der Waals surface area (Å²) in [7, 11) is 3.74. The lowest BCUT2D eigenvalue weighted by Crippen LogP contribution is -2.50. The van der Waals surface area contributed by atoms with Crippen molar-refractivity contribution < 1.29 is 29.4 Å². The first kappa shape index (κ1) is 40.3. The van der Waals surface area contributed by atoms with Gasteiger partial charge in [0.2, 0.25) is 5.91 Å². The number of nitrogens with zero attached hydrogens (tertiary/aromatic N) is 3. The molecule has 1 aliphatic heterocycles. The lowest BCUT2D eigenvalue weighted by Gasteiger charge is -2.37. The molecule has 7 atom stereocenters. The molecule has 2 amide bonds. The minimum atomic E-state index is -1.01. The van der Waals surface area contributed by atoms with Gasteiger partial charge in [0.25, 0.3) is 5.91 Å². The topological polar surface area (TPSA) is 140 Å². The minimum Gasteiger partial charge on any atom is -0.481 e. The van der Waals surface area contributed by atoms with E-state index in [1.165, 1.54) is 11.3 Å². The summed E-state index contributed by atoms with van der Waals surface area (Å²) < 4.78 is 0. The first-order valence-electron chi connectivity index (χ1n) is 17.7. The summed E-state index contributed by atoms with van der Waals surface area (Å²) in [6, 6.07) is 7.16. The Labute approximate surface area is 296 Å². The Balaban J connectivity index is 1.72. The van der Waals surface area contributed by atoms with Gasteiger partial charge in [-0.2, -0.15) is 0 Å².